The van der Waals surface area contributed by atoms with Gasteiger partial charge in [-0.1, -0.05) is 25.3 Å². The first-order valence-corrected chi connectivity index (χ1v) is 11.3. The number of carbonyl (C=O) groups excluding carboxylic acids is 1. The van der Waals surface area contributed by atoms with Crippen LogP contribution in [0.3, 0.4) is 0 Å². The van der Waals surface area contributed by atoms with E-state index < -0.39 is 6.10 Å². The summed E-state index contributed by atoms with van der Waals surface area (Å²) < 4.78 is 11.1. The smallest absolute Gasteiger partial charge is 0.308 e. The number of aliphatic imine (C=N–C) groups is 1. The van der Waals surface area contributed by atoms with Gasteiger partial charge in [0.15, 0.2) is 0 Å². The van der Waals surface area contributed by atoms with Crippen LogP contribution in [0.5, 0.6) is 5.75 Å². The maximum absolute atomic E-state index is 11.3. The fraction of sp³-hybridized carbons (Fsp3) is 0.667. The van der Waals surface area contributed by atoms with Crippen molar-refractivity contribution >= 4 is 11.9 Å². The number of benzene rings is 1. The second-order valence-electron chi connectivity index (χ2n) is 9.25. The van der Waals surface area contributed by atoms with Crippen molar-refractivity contribution in [2.45, 2.75) is 71.1 Å². The highest BCUT2D eigenvalue weighted by Crippen LogP contribution is 2.38. The van der Waals surface area contributed by atoms with Crippen molar-refractivity contribution < 1.29 is 19.4 Å². The van der Waals surface area contributed by atoms with E-state index in [2.05, 4.69) is 16.8 Å². The number of aliphatic hydroxyl groups excluding tert-OH is 1. The number of hydrogen-bond acceptors (Lipinski definition) is 6. The monoisotopic (exact) mass is 414 g/mol. The molecule has 1 aliphatic carbocycles. The summed E-state index contributed by atoms with van der Waals surface area (Å²) in [5, 5.41) is 10.9. The highest BCUT2D eigenvalue weighted by Gasteiger charge is 2.37. The minimum atomic E-state index is -0.554. The lowest BCUT2D eigenvalue weighted by atomic mass is 9.73. The fourth-order valence-corrected chi connectivity index (χ4v) is 5.37. The molecule has 4 rings (SSSR count). The molecule has 1 saturated heterocycles. The number of rotatable bonds is 5. The Labute approximate surface area is 179 Å². The third-order valence-electron chi connectivity index (χ3n) is 7.11. The molecule has 0 spiro atoms. The van der Waals surface area contributed by atoms with E-state index in [-0.39, 0.29) is 12.0 Å². The van der Waals surface area contributed by atoms with Gasteiger partial charge in [-0.25, -0.2) is 4.99 Å². The summed E-state index contributed by atoms with van der Waals surface area (Å²) in [5.41, 5.74) is 1.62. The van der Waals surface area contributed by atoms with Crippen molar-refractivity contribution in [2.75, 3.05) is 19.7 Å². The Morgan fingerprint density at radius 1 is 1.33 bits per heavy atom. The van der Waals surface area contributed by atoms with Crippen LogP contribution in [-0.4, -0.2) is 59.8 Å². The van der Waals surface area contributed by atoms with Crippen LogP contribution < -0.4 is 4.74 Å². The van der Waals surface area contributed by atoms with Crippen LogP contribution in [0.15, 0.2) is 23.2 Å². The maximum Gasteiger partial charge on any atom is 0.308 e. The highest BCUT2D eigenvalue weighted by atomic mass is 16.5. The number of carbonyl (C=O) groups is 1. The number of esters is 1. The standard InChI is InChI=1S/C24H34N2O4/c1-15-11-18-7-4-5-8-19(18)12-26(15)13-22(28)21-14-29-24(25-21)20-9-6-10-23(16(20)2)30-17(3)27/h6,9-10,15,18-19,21-22,28H,4-5,7-8,11-14H2,1-3H3. The second-order valence-corrected chi connectivity index (χ2v) is 9.25. The predicted octanol–water partition coefficient (Wildman–Crippen LogP) is 3.33. The molecule has 2 heterocycles. The van der Waals surface area contributed by atoms with Crippen LogP contribution in [-0.2, 0) is 9.53 Å². The van der Waals surface area contributed by atoms with E-state index in [4.69, 9.17) is 9.47 Å². The molecule has 1 N–H and O–H groups in total. The molecule has 0 amide bonds. The molecule has 1 saturated carbocycles. The van der Waals surface area contributed by atoms with Gasteiger partial charge in [0.25, 0.3) is 0 Å². The Balaban J connectivity index is 1.41. The van der Waals surface area contributed by atoms with Gasteiger partial charge in [-0.2, -0.15) is 0 Å². The number of fused-ring (bicyclic) bond motifs is 1. The molecule has 2 aliphatic heterocycles. The Morgan fingerprint density at radius 2 is 2.10 bits per heavy atom. The third kappa shape index (κ3) is 4.54. The average molecular weight is 415 g/mol. The first-order valence-electron chi connectivity index (χ1n) is 11.3. The van der Waals surface area contributed by atoms with Gasteiger partial charge >= 0.3 is 5.97 Å². The van der Waals surface area contributed by atoms with Crippen LogP contribution >= 0.6 is 0 Å². The maximum atomic E-state index is 11.3. The quantitative estimate of drug-likeness (QED) is 0.591. The van der Waals surface area contributed by atoms with Crippen molar-refractivity contribution in [3.8, 4) is 5.75 Å². The van der Waals surface area contributed by atoms with Crippen LogP contribution in [0.1, 0.15) is 57.1 Å². The molecule has 0 bridgehead atoms. The Kier molecular flexibility index (Phi) is 6.44. The zero-order valence-electron chi connectivity index (χ0n) is 18.3. The zero-order chi connectivity index (χ0) is 21.3. The minimum Gasteiger partial charge on any atom is -0.475 e. The first kappa shape index (κ1) is 21.3. The largest absolute Gasteiger partial charge is 0.475 e. The van der Waals surface area contributed by atoms with Crippen molar-refractivity contribution in [3.63, 3.8) is 0 Å². The predicted molar refractivity (Wildman–Crippen MR) is 116 cm³/mol. The summed E-state index contributed by atoms with van der Waals surface area (Å²) in [6.07, 6.45) is 6.13. The third-order valence-corrected chi connectivity index (χ3v) is 7.11. The first-order chi connectivity index (χ1) is 14.4. The van der Waals surface area contributed by atoms with Crippen molar-refractivity contribution in [1.82, 2.24) is 4.90 Å². The molecule has 5 unspecified atom stereocenters. The molecule has 2 fully saturated rings. The minimum absolute atomic E-state index is 0.270. The summed E-state index contributed by atoms with van der Waals surface area (Å²) in [4.78, 5) is 18.5. The van der Waals surface area contributed by atoms with Crippen LogP contribution in [0.2, 0.25) is 0 Å². The normalized spacial score (nSPS) is 30.2. The number of likely N-dealkylation sites (tertiary alicyclic amines) is 1. The molecule has 30 heavy (non-hydrogen) atoms. The molecular weight excluding hydrogens is 380 g/mol. The van der Waals surface area contributed by atoms with Crippen LogP contribution in [0.4, 0.5) is 0 Å². The van der Waals surface area contributed by atoms with E-state index in [1.165, 1.54) is 39.0 Å². The van der Waals surface area contributed by atoms with Crippen LogP contribution in [0.25, 0.3) is 0 Å². The van der Waals surface area contributed by atoms with E-state index in [1.807, 2.05) is 19.1 Å². The SMILES string of the molecule is CC(=O)Oc1cccc(C2=NC(C(O)CN3CC4CCCCC4CC3C)CO2)c1C. The van der Waals surface area contributed by atoms with Gasteiger partial charge in [-0.15, -0.1) is 0 Å². The Hall–Kier alpha value is -1.92. The molecule has 1 aromatic carbocycles. The van der Waals surface area contributed by atoms with Crippen molar-refractivity contribution in [3.05, 3.63) is 29.3 Å². The number of nitrogens with zero attached hydrogens (tertiary/aromatic N) is 2. The summed E-state index contributed by atoms with van der Waals surface area (Å²) in [6, 6.07) is 5.73. The molecule has 6 nitrogen and oxygen atoms in total. The van der Waals surface area contributed by atoms with Crippen molar-refractivity contribution in [2.24, 2.45) is 16.8 Å². The Bertz CT molecular complexity index is 808. The van der Waals surface area contributed by atoms with Crippen molar-refractivity contribution in [1.29, 1.82) is 0 Å². The summed E-state index contributed by atoms with van der Waals surface area (Å²) >= 11 is 0. The van der Waals surface area contributed by atoms with Gasteiger partial charge in [0.1, 0.15) is 18.4 Å². The number of piperidine rings is 1. The number of aliphatic hydroxyl groups is 1. The number of ether oxygens (including phenoxy) is 2. The summed E-state index contributed by atoms with van der Waals surface area (Å²) in [5.74, 6) is 2.33. The average Bonchev–Trinajstić information content (AvgIpc) is 3.20. The molecule has 1 aromatic rings. The number of β-amino-alcohol motifs (C(OH)–C–C–N with tert-alkyl or cyclic N) is 1. The Morgan fingerprint density at radius 3 is 2.87 bits per heavy atom. The van der Waals surface area contributed by atoms with E-state index in [0.29, 0.717) is 30.8 Å². The van der Waals surface area contributed by atoms with E-state index in [9.17, 15) is 9.90 Å². The zero-order valence-corrected chi connectivity index (χ0v) is 18.3. The second kappa shape index (κ2) is 9.06. The summed E-state index contributed by atoms with van der Waals surface area (Å²) in [6.45, 7) is 7.68. The lowest BCUT2D eigenvalue weighted by molar-refractivity contribution is -0.131. The van der Waals surface area contributed by atoms with Gasteiger partial charge in [-0.3, -0.25) is 9.69 Å². The van der Waals surface area contributed by atoms with Gasteiger partial charge in [0, 0.05) is 37.2 Å². The molecule has 3 aliphatic rings. The van der Waals surface area contributed by atoms with E-state index in [0.717, 1.165) is 29.5 Å². The fourth-order valence-electron chi connectivity index (χ4n) is 5.37. The summed E-state index contributed by atoms with van der Waals surface area (Å²) in [7, 11) is 0. The van der Waals surface area contributed by atoms with E-state index >= 15 is 0 Å². The van der Waals surface area contributed by atoms with Gasteiger partial charge in [0.2, 0.25) is 5.90 Å². The van der Waals surface area contributed by atoms with Gasteiger partial charge in [-0.05, 0) is 50.7 Å². The molecular formula is C24H34N2O4. The highest BCUT2D eigenvalue weighted by molar-refractivity contribution is 5.97. The molecule has 5 atom stereocenters. The lowest BCUT2D eigenvalue weighted by Gasteiger charge is -2.45. The molecule has 164 valence electrons. The van der Waals surface area contributed by atoms with E-state index in [1.54, 1.807) is 6.07 Å². The lowest BCUT2D eigenvalue weighted by Crippen LogP contribution is -2.51. The topological polar surface area (TPSA) is 71.4 Å². The van der Waals surface area contributed by atoms with Crippen LogP contribution in [0, 0.1) is 18.8 Å². The molecule has 0 radical (unpaired) electrons. The molecule has 6 heteroatoms. The van der Waals surface area contributed by atoms with Gasteiger partial charge in [0.05, 0.1) is 6.10 Å². The molecule has 0 aromatic heterocycles. The van der Waals surface area contributed by atoms with Gasteiger partial charge < -0.3 is 14.6 Å². The number of hydrogen-bond donors (Lipinski definition) is 1.